The number of carbonyl (C=O) groups excluding carboxylic acids is 2. The minimum Gasteiger partial charge on any atom is -0.507 e. The molecule has 0 bridgehead atoms. The molecular formula is C27H22F3NO4. The summed E-state index contributed by atoms with van der Waals surface area (Å²) in [5.41, 5.74) is 0.815. The highest BCUT2D eigenvalue weighted by molar-refractivity contribution is 6.46. The molecular weight excluding hydrogens is 459 g/mol. The Labute approximate surface area is 200 Å². The number of aliphatic hydroxyl groups excluding tert-OH is 1. The zero-order valence-corrected chi connectivity index (χ0v) is 19.0. The lowest BCUT2D eigenvalue weighted by atomic mass is 9.94. The number of amides is 1. The first-order valence-corrected chi connectivity index (χ1v) is 10.8. The maximum Gasteiger partial charge on any atom is 0.416 e. The van der Waals surface area contributed by atoms with Gasteiger partial charge in [0.05, 0.1) is 24.3 Å². The molecule has 1 aliphatic rings. The van der Waals surface area contributed by atoms with E-state index in [1.54, 1.807) is 55.5 Å². The molecule has 0 saturated carbocycles. The van der Waals surface area contributed by atoms with Gasteiger partial charge >= 0.3 is 6.18 Å². The monoisotopic (exact) mass is 481 g/mol. The van der Waals surface area contributed by atoms with Crippen LogP contribution in [0.1, 0.15) is 33.9 Å². The molecule has 3 aromatic rings. The summed E-state index contributed by atoms with van der Waals surface area (Å²) in [7, 11) is 1.51. The minimum atomic E-state index is -4.55. The average Bonchev–Trinajstić information content (AvgIpc) is 3.08. The Morgan fingerprint density at radius 3 is 2.34 bits per heavy atom. The first-order chi connectivity index (χ1) is 16.6. The van der Waals surface area contributed by atoms with Crippen molar-refractivity contribution >= 4 is 17.4 Å². The van der Waals surface area contributed by atoms with Crippen LogP contribution in [0.25, 0.3) is 5.76 Å². The summed E-state index contributed by atoms with van der Waals surface area (Å²) in [5.74, 6) is -1.58. The van der Waals surface area contributed by atoms with Gasteiger partial charge in [-0.15, -0.1) is 0 Å². The lowest BCUT2D eigenvalue weighted by Crippen LogP contribution is -2.29. The van der Waals surface area contributed by atoms with Crippen LogP contribution in [0.4, 0.5) is 13.2 Å². The fourth-order valence-corrected chi connectivity index (χ4v) is 4.25. The average molecular weight is 481 g/mol. The largest absolute Gasteiger partial charge is 0.507 e. The molecule has 8 heteroatoms. The Balaban J connectivity index is 1.83. The van der Waals surface area contributed by atoms with E-state index in [1.807, 2.05) is 0 Å². The SMILES string of the molecule is COc1ccc(/C(O)=C2\C(=O)C(=O)N(Cc3cccc(C(F)(F)F)c3)C2c2ccccc2)cc1C. The van der Waals surface area contributed by atoms with Crippen molar-refractivity contribution in [2.75, 3.05) is 7.11 Å². The van der Waals surface area contributed by atoms with E-state index in [9.17, 15) is 27.9 Å². The van der Waals surface area contributed by atoms with Crippen molar-refractivity contribution in [3.8, 4) is 5.75 Å². The van der Waals surface area contributed by atoms with Crippen LogP contribution in [0.15, 0.2) is 78.4 Å². The van der Waals surface area contributed by atoms with E-state index in [1.165, 1.54) is 24.1 Å². The molecule has 5 nitrogen and oxygen atoms in total. The maximum absolute atomic E-state index is 13.2. The molecule has 1 fully saturated rings. The number of ketones is 1. The molecule has 0 aromatic heterocycles. The molecule has 35 heavy (non-hydrogen) atoms. The van der Waals surface area contributed by atoms with Gasteiger partial charge in [-0.05, 0) is 53.9 Å². The molecule has 1 N–H and O–H groups in total. The second-order valence-electron chi connectivity index (χ2n) is 8.22. The normalized spacial score (nSPS) is 17.6. The number of methoxy groups -OCH3 is 1. The van der Waals surface area contributed by atoms with Crippen molar-refractivity contribution in [2.24, 2.45) is 0 Å². The first kappa shape index (κ1) is 24.1. The number of aliphatic hydroxyl groups is 1. The van der Waals surface area contributed by atoms with Crippen molar-refractivity contribution in [1.29, 1.82) is 0 Å². The van der Waals surface area contributed by atoms with Crippen molar-refractivity contribution in [3.05, 3.63) is 106 Å². The number of likely N-dealkylation sites (tertiary alicyclic amines) is 1. The number of carbonyl (C=O) groups is 2. The van der Waals surface area contributed by atoms with Gasteiger partial charge in [-0.2, -0.15) is 13.2 Å². The van der Waals surface area contributed by atoms with Crippen LogP contribution in [0.2, 0.25) is 0 Å². The van der Waals surface area contributed by atoms with E-state index >= 15 is 0 Å². The molecule has 1 saturated heterocycles. The Kier molecular flexibility index (Phi) is 6.39. The fraction of sp³-hybridized carbons (Fsp3) is 0.185. The van der Waals surface area contributed by atoms with E-state index in [4.69, 9.17) is 4.74 Å². The summed E-state index contributed by atoms with van der Waals surface area (Å²) < 4.78 is 44.9. The summed E-state index contributed by atoms with van der Waals surface area (Å²) in [4.78, 5) is 27.4. The van der Waals surface area contributed by atoms with Gasteiger partial charge in [0.25, 0.3) is 11.7 Å². The summed E-state index contributed by atoms with van der Waals surface area (Å²) in [6.07, 6.45) is -4.55. The fourth-order valence-electron chi connectivity index (χ4n) is 4.25. The Bertz CT molecular complexity index is 1320. The van der Waals surface area contributed by atoms with Crippen LogP contribution >= 0.6 is 0 Å². The smallest absolute Gasteiger partial charge is 0.416 e. The zero-order chi connectivity index (χ0) is 25.3. The molecule has 1 aliphatic heterocycles. The number of halogens is 3. The third-order valence-electron chi connectivity index (χ3n) is 5.93. The quantitative estimate of drug-likeness (QED) is 0.291. The zero-order valence-electron chi connectivity index (χ0n) is 19.0. The van der Waals surface area contributed by atoms with Crippen molar-refractivity contribution in [1.82, 2.24) is 4.90 Å². The van der Waals surface area contributed by atoms with Crippen LogP contribution in [-0.2, 0) is 22.3 Å². The third-order valence-corrected chi connectivity index (χ3v) is 5.93. The molecule has 1 atom stereocenters. The maximum atomic E-state index is 13.2. The highest BCUT2D eigenvalue weighted by atomic mass is 19.4. The van der Waals surface area contributed by atoms with Gasteiger partial charge in [0.1, 0.15) is 11.5 Å². The molecule has 0 aliphatic carbocycles. The van der Waals surface area contributed by atoms with Gasteiger partial charge < -0.3 is 14.7 Å². The standard InChI is InChI=1S/C27H22F3NO4/c1-16-13-19(11-12-21(16)35-2)24(32)22-23(18-8-4-3-5-9-18)31(26(34)25(22)33)15-17-7-6-10-20(14-17)27(28,29)30/h3-14,23,32H,15H2,1-2H3/b24-22+. The van der Waals surface area contributed by atoms with E-state index < -0.39 is 29.5 Å². The second-order valence-corrected chi connectivity index (χ2v) is 8.22. The number of hydrogen-bond acceptors (Lipinski definition) is 4. The third kappa shape index (κ3) is 4.64. The van der Waals surface area contributed by atoms with E-state index in [-0.39, 0.29) is 23.4 Å². The van der Waals surface area contributed by atoms with E-state index in [0.29, 0.717) is 22.4 Å². The first-order valence-electron chi connectivity index (χ1n) is 10.8. The van der Waals surface area contributed by atoms with Crippen LogP contribution in [0, 0.1) is 6.92 Å². The number of benzene rings is 3. The predicted octanol–water partition coefficient (Wildman–Crippen LogP) is 5.64. The summed E-state index contributed by atoms with van der Waals surface area (Å²) >= 11 is 0. The molecule has 180 valence electrons. The molecule has 4 rings (SSSR count). The van der Waals surface area contributed by atoms with Gasteiger partial charge in [-0.1, -0.05) is 42.5 Å². The molecule has 3 aromatic carbocycles. The summed E-state index contributed by atoms with van der Waals surface area (Å²) in [5, 5.41) is 11.2. The van der Waals surface area contributed by atoms with Crippen molar-refractivity contribution in [2.45, 2.75) is 25.7 Å². The van der Waals surface area contributed by atoms with Crippen LogP contribution in [0.3, 0.4) is 0 Å². The lowest BCUT2D eigenvalue weighted by molar-refractivity contribution is -0.140. The summed E-state index contributed by atoms with van der Waals surface area (Å²) in [6.45, 7) is 1.53. The summed E-state index contributed by atoms with van der Waals surface area (Å²) in [6, 6.07) is 17.1. The van der Waals surface area contributed by atoms with Crippen LogP contribution in [0.5, 0.6) is 5.75 Å². The molecule has 1 unspecified atom stereocenters. The molecule has 1 amide bonds. The van der Waals surface area contributed by atoms with Crippen molar-refractivity contribution in [3.63, 3.8) is 0 Å². The highest BCUT2D eigenvalue weighted by Crippen LogP contribution is 2.41. The van der Waals surface area contributed by atoms with Gasteiger partial charge in [0.2, 0.25) is 0 Å². The minimum absolute atomic E-state index is 0.127. The number of rotatable bonds is 5. The highest BCUT2D eigenvalue weighted by Gasteiger charge is 2.46. The van der Waals surface area contributed by atoms with Gasteiger partial charge in [0, 0.05) is 12.1 Å². The number of ether oxygens (including phenoxy) is 1. The number of nitrogens with zero attached hydrogens (tertiary/aromatic N) is 1. The van der Waals surface area contributed by atoms with Crippen LogP contribution in [-0.4, -0.2) is 28.8 Å². The van der Waals surface area contributed by atoms with Gasteiger partial charge in [-0.25, -0.2) is 0 Å². The Morgan fingerprint density at radius 2 is 1.71 bits per heavy atom. The molecule has 1 heterocycles. The van der Waals surface area contributed by atoms with Crippen molar-refractivity contribution < 1.29 is 32.6 Å². The molecule has 0 radical (unpaired) electrons. The second kappa shape index (κ2) is 9.29. The predicted molar refractivity (Wildman–Crippen MR) is 123 cm³/mol. The number of Topliss-reactive ketones (excluding diaryl/α,β-unsaturated/α-hetero) is 1. The lowest BCUT2D eigenvalue weighted by Gasteiger charge is -2.25. The number of aryl methyl sites for hydroxylation is 1. The van der Waals surface area contributed by atoms with E-state index in [2.05, 4.69) is 0 Å². The molecule has 0 spiro atoms. The van der Waals surface area contributed by atoms with Crippen LogP contribution < -0.4 is 4.74 Å². The number of hydrogen-bond donors (Lipinski definition) is 1. The Morgan fingerprint density at radius 1 is 1.00 bits per heavy atom. The Hall–Kier alpha value is -4.07. The van der Waals surface area contributed by atoms with E-state index in [0.717, 1.165) is 12.1 Å². The number of alkyl halides is 3. The van der Waals surface area contributed by atoms with Gasteiger partial charge in [-0.3, -0.25) is 9.59 Å². The topological polar surface area (TPSA) is 66.8 Å². The van der Waals surface area contributed by atoms with Gasteiger partial charge in [0.15, 0.2) is 0 Å².